The van der Waals surface area contributed by atoms with Crippen molar-refractivity contribution in [3.63, 3.8) is 0 Å². The van der Waals surface area contributed by atoms with Crippen molar-refractivity contribution in [2.45, 2.75) is 13.8 Å². The molecule has 0 heterocycles. The van der Waals surface area contributed by atoms with E-state index in [1.54, 1.807) is 0 Å². The summed E-state index contributed by atoms with van der Waals surface area (Å²) in [4.78, 5) is 0. The van der Waals surface area contributed by atoms with Gasteiger partial charge in [0.2, 0.25) is 0 Å². The van der Waals surface area contributed by atoms with Crippen molar-refractivity contribution in [1.29, 1.82) is 0 Å². The summed E-state index contributed by atoms with van der Waals surface area (Å²) in [6, 6.07) is 25.7. The van der Waals surface area contributed by atoms with Gasteiger partial charge in [0.25, 0.3) is 0 Å². The first-order valence-corrected chi connectivity index (χ1v) is 6.96. The van der Waals surface area contributed by atoms with E-state index < -0.39 is 0 Å². The summed E-state index contributed by atoms with van der Waals surface area (Å²) in [5, 5.41) is 5.39. The molecule has 4 aromatic rings. The van der Waals surface area contributed by atoms with Crippen molar-refractivity contribution in [2.75, 3.05) is 0 Å². The minimum absolute atomic E-state index is 0. The first-order chi connectivity index (χ1) is 9.72. The normalized spacial score (nSPS) is 9.13. The Morgan fingerprint density at radius 2 is 0.957 bits per heavy atom. The fourth-order valence-corrected chi connectivity index (χ4v) is 2.61. The minimum Gasteiger partial charge on any atom is -0.358 e. The molecule has 0 aliphatic heterocycles. The van der Waals surface area contributed by atoms with Crippen molar-refractivity contribution >= 4 is 21.5 Å². The standard InChI is InChI=1S/2C10H9.2CH3.Zr/c2*1-8-6-9-4-2-3-5-10(9)7-8;;;/h2*2-7H,1H3;2*1H3;/q4*-1;+4. The zero-order valence-corrected chi connectivity index (χ0v) is 16.9. The second-order valence-electron chi connectivity index (χ2n) is 5.32. The molecule has 0 saturated heterocycles. The maximum atomic E-state index is 2.20. The molecular weight excluding hydrogens is 355 g/mol. The third-order valence-electron chi connectivity index (χ3n) is 3.52. The molecule has 0 unspecified atom stereocenters. The van der Waals surface area contributed by atoms with Gasteiger partial charge in [0.05, 0.1) is 0 Å². The number of hydrogen-bond acceptors (Lipinski definition) is 0. The van der Waals surface area contributed by atoms with E-state index in [0.717, 1.165) is 0 Å². The van der Waals surface area contributed by atoms with E-state index in [-0.39, 0.29) is 41.1 Å². The van der Waals surface area contributed by atoms with Crippen LogP contribution >= 0.6 is 0 Å². The van der Waals surface area contributed by atoms with Gasteiger partial charge in [-0.05, 0) is 0 Å². The maximum Gasteiger partial charge on any atom is 4.00 e. The van der Waals surface area contributed by atoms with Crippen LogP contribution in [0.5, 0.6) is 0 Å². The van der Waals surface area contributed by atoms with Crippen LogP contribution in [0.1, 0.15) is 11.1 Å². The molecule has 0 fully saturated rings. The van der Waals surface area contributed by atoms with Crippen LogP contribution in [-0.4, -0.2) is 0 Å². The molecule has 116 valence electrons. The number of fused-ring (bicyclic) bond motifs is 2. The Morgan fingerprint density at radius 3 is 1.30 bits per heavy atom. The molecule has 23 heavy (non-hydrogen) atoms. The summed E-state index contributed by atoms with van der Waals surface area (Å²) >= 11 is 0. The summed E-state index contributed by atoms with van der Waals surface area (Å²) in [6.45, 7) is 4.25. The van der Waals surface area contributed by atoms with Gasteiger partial charge in [0, 0.05) is 0 Å². The molecule has 4 rings (SSSR count). The van der Waals surface area contributed by atoms with E-state index in [4.69, 9.17) is 0 Å². The average Bonchev–Trinajstić information content (AvgIpc) is 2.99. The third-order valence-corrected chi connectivity index (χ3v) is 3.52. The summed E-state index contributed by atoms with van der Waals surface area (Å²) in [7, 11) is 0. The van der Waals surface area contributed by atoms with Crippen LogP contribution < -0.4 is 0 Å². The molecule has 0 atom stereocenters. The van der Waals surface area contributed by atoms with Gasteiger partial charge in [0.1, 0.15) is 0 Å². The van der Waals surface area contributed by atoms with Crippen molar-refractivity contribution < 1.29 is 26.2 Å². The Balaban J connectivity index is 0.000000372. The first kappa shape index (κ1) is 21.5. The summed E-state index contributed by atoms with van der Waals surface area (Å²) in [5.74, 6) is 0. The SMILES string of the molecule is Cc1cc2ccccc2[cH-]1.Cc1cc2ccccc2[cH-]1.[CH3-].[CH3-].[Zr+4]. The fourth-order valence-electron chi connectivity index (χ4n) is 2.61. The largest absolute Gasteiger partial charge is 4.00 e. The van der Waals surface area contributed by atoms with E-state index in [2.05, 4.69) is 86.6 Å². The van der Waals surface area contributed by atoms with Gasteiger partial charge < -0.3 is 14.9 Å². The predicted molar refractivity (Wildman–Crippen MR) is 101 cm³/mol. The second-order valence-corrected chi connectivity index (χ2v) is 5.32. The molecule has 0 spiro atoms. The van der Waals surface area contributed by atoms with E-state index in [9.17, 15) is 0 Å². The fraction of sp³-hybridized carbons (Fsp3) is 0.0909. The van der Waals surface area contributed by atoms with Gasteiger partial charge in [-0.1, -0.05) is 26.0 Å². The quantitative estimate of drug-likeness (QED) is 0.301. The van der Waals surface area contributed by atoms with Gasteiger partial charge in [-0.25, -0.2) is 0 Å². The van der Waals surface area contributed by atoms with Crippen molar-refractivity contribution in [2.24, 2.45) is 0 Å². The van der Waals surface area contributed by atoms with Crippen LogP contribution in [0.2, 0.25) is 0 Å². The smallest absolute Gasteiger partial charge is 0.358 e. The van der Waals surface area contributed by atoms with Gasteiger partial charge in [-0.2, -0.15) is 12.1 Å². The number of aryl methyl sites for hydroxylation is 2. The molecule has 0 saturated carbocycles. The van der Waals surface area contributed by atoms with E-state index in [1.807, 2.05) is 0 Å². The first-order valence-electron chi connectivity index (χ1n) is 6.96. The molecule has 0 aliphatic carbocycles. The van der Waals surface area contributed by atoms with Gasteiger partial charge in [0.15, 0.2) is 0 Å². The Morgan fingerprint density at radius 1 is 0.609 bits per heavy atom. The molecule has 0 amide bonds. The number of benzene rings is 2. The van der Waals surface area contributed by atoms with Crippen LogP contribution in [-0.2, 0) is 26.2 Å². The molecule has 0 N–H and O–H groups in total. The topological polar surface area (TPSA) is 0 Å². The molecule has 0 radical (unpaired) electrons. The van der Waals surface area contributed by atoms with Crippen LogP contribution in [0.25, 0.3) is 21.5 Å². The van der Waals surface area contributed by atoms with Crippen molar-refractivity contribution in [3.8, 4) is 0 Å². The van der Waals surface area contributed by atoms with Crippen molar-refractivity contribution in [3.05, 3.63) is 98.8 Å². The van der Waals surface area contributed by atoms with E-state index >= 15 is 0 Å². The molecular formula is C22H24Zr. The van der Waals surface area contributed by atoms with E-state index in [1.165, 1.54) is 32.7 Å². The second kappa shape index (κ2) is 9.63. The zero-order chi connectivity index (χ0) is 13.9. The van der Waals surface area contributed by atoms with Crippen molar-refractivity contribution in [1.82, 2.24) is 0 Å². The Bertz CT molecular complexity index is 695. The number of hydrogen-bond donors (Lipinski definition) is 0. The van der Waals surface area contributed by atoms with Gasteiger partial charge >= 0.3 is 26.2 Å². The van der Waals surface area contributed by atoms with Crippen LogP contribution in [0.4, 0.5) is 0 Å². The Hall–Kier alpha value is -1.46. The van der Waals surface area contributed by atoms with E-state index in [0.29, 0.717) is 0 Å². The predicted octanol–water partition coefficient (Wildman–Crippen LogP) is 6.63. The molecule has 0 aliphatic rings. The molecule has 1 heteroatoms. The molecule has 0 aromatic heterocycles. The van der Waals surface area contributed by atoms with Crippen LogP contribution in [0.3, 0.4) is 0 Å². The Kier molecular flexibility index (Phi) is 9.02. The monoisotopic (exact) mass is 378 g/mol. The third kappa shape index (κ3) is 5.29. The molecule has 0 bridgehead atoms. The number of rotatable bonds is 0. The Labute approximate surface area is 160 Å². The van der Waals surface area contributed by atoms with Gasteiger partial charge in [-0.15, -0.1) is 81.2 Å². The molecule has 0 nitrogen and oxygen atoms in total. The van der Waals surface area contributed by atoms with Crippen LogP contribution in [0.15, 0.2) is 72.8 Å². The van der Waals surface area contributed by atoms with Gasteiger partial charge in [-0.3, -0.25) is 0 Å². The zero-order valence-electron chi connectivity index (χ0n) is 14.4. The minimum atomic E-state index is 0. The maximum absolute atomic E-state index is 2.20. The van der Waals surface area contributed by atoms with Crippen LogP contribution in [0, 0.1) is 28.7 Å². The average molecular weight is 380 g/mol. The summed E-state index contributed by atoms with van der Waals surface area (Å²) in [6.07, 6.45) is 0. The summed E-state index contributed by atoms with van der Waals surface area (Å²) < 4.78 is 0. The molecule has 4 aromatic carbocycles. The summed E-state index contributed by atoms with van der Waals surface area (Å²) in [5.41, 5.74) is 2.70.